The van der Waals surface area contributed by atoms with Crippen molar-refractivity contribution in [1.29, 1.82) is 5.26 Å². The normalized spacial score (nSPS) is 10.2. The van der Waals surface area contributed by atoms with Crippen molar-refractivity contribution in [3.8, 4) is 17.2 Å². The van der Waals surface area contributed by atoms with Crippen molar-refractivity contribution in [3.63, 3.8) is 0 Å². The van der Waals surface area contributed by atoms with Crippen LogP contribution >= 0.6 is 90.4 Å². The Hall–Kier alpha value is 0.590. The number of halogens is 4. The first-order chi connectivity index (χ1) is 9.49. The van der Waals surface area contributed by atoms with Gasteiger partial charge in [0, 0.05) is 19.8 Å². The maximum atomic E-state index is 9.04. The fourth-order valence-corrected chi connectivity index (χ4v) is 5.61. The van der Waals surface area contributed by atoms with E-state index in [1.165, 1.54) is 18.3 Å². The molecule has 0 fully saturated rings. The maximum absolute atomic E-state index is 9.04. The molecule has 0 saturated heterocycles. The van der Waals surface area contributed by atoms with Gasteiger partial charge in [0.1, 0.15) is 0 Å². The topological polar surface area (TPSA) is 23.8 Å². The molecule has 2 aromatic rings. The maximum Gasteiger partial charge on any atom is 0.0992 e. The van der Waals surface area contributed by atoms with Crippen LogP contribution in [0.4, 0.5) is 0 Å². The summed E-state index contributed by atoms with van der Waals surface area (Å²) in [5, 5.41) is 9.04. The highest BCUT2D eigenvalue weighted by Gasteiger charge is 2.15. The Balaban J connectivity index is 2.73. The quantitative estimate of drug-likeness (QED) is 0.337. The zero-order valence-corrected chi connectivity index (χ0v) is 18.7. The third kappa shape index (κ3) is 3.33. The molecule has 0 atom stereocenters. The molecule has 0 spiro atoms. The number of hydrogen-bond donors (Lipinski definition) is 0. The minimum absolute atomic E-state index is 0.704. The van der Waals surface area contributed by atoms with Gasteiger partial charge in [-0.15, -0.1) is 0 Å². The molecule has 0 bridgehead atoms. The van der Waals surface area contributed by atoms with Crippen molar-refractivity contribution in [2.24, 2.45) is 0 Å². The number of nitrogens with zero attached hydrogens (tertiary/aromatic N) is 1. The summed E-state index contributed by atoms with van der Waals surface area (Å²) in [5.74, 6) is 0. The van der Waals surface area contributed by atoms with Gasteiger partial charge in [0.15, 0.2) is 0 Å². The molecule has 0 aliphatic heterocycles. The standard InChI is InChI=1S/C15H7I4N/c1-2-9-3-4-10(15(19)14(9)18)13-11(16)5-8(7-20)6-12(13)17/h2-6H,1H2. The van der Waals surface area contributed by atoms with Crippen LogP contribution in [0.2, 0.25) is 0 Å². The first-order valence-electron chi connectivity index (χ1n) is 5.49. The number of benzene rings is 2. The summed E-state index contributed by atoms with van der Waals surface area (Å²) in [6.07, 6.45) is 1.88. The highest BCUT2D eigenvalue weighted by molar-refractivity contribution is 14.1. The van der Waals surface area contributed by atoms with Crippen LogP contribution in [-0.2, 0) is 0 Å². The van der Waals surface area contributed by atoms with Crippen LogP contribution < -0.4 is 0 Å². The summed E-state index contributed by atoms with van der Waals surface area (Å²) in [4.78, 5) is 0. The van der Waals surface area contributed by atoms with Crippen molar-refractivity contribution in [2.45, 2.75) is 0 Å². The summed E-state index contributed by atoms with van der Waals surface area (Å²) >= 11 is 9.35. The molecule has 2 aromatic carbocycles. The van der Waals surface area contributed by atoms with E-state index in [1.54, 1.807) is 0 Å². The average molecular weight is 709 g/mol. The van der Waals surface area contributed by atoms with Gasteiger partial charge in [-0.2, -0.15) is 5.26 Å². The lowest BCUT2D eigenvalue weighted by Gasteiger charge is -2.13. The lowest BCUT2D eigenvalue weighted by molar-refractivity contribution is 1.44. The SMILES string of the molecule is C=Cc1ccc(-c2c(I)cc(C#N)cc2I)c(I)c1I. The van der Waals surface area contributed by atoms with Crippen LogP contribution in [0.25, 0.3) is 17.2 Å². The second-order valence-electron chi connectivity index (χ2n) is 3.96. The Morgan fingerprint density at radius 3 is 2.10 bits per heavy atom. The van der Waals surface area contributed by atoms with Gasteiger partial charge in [-0.3, -0.25) is 0 Å². The van der Waals surface area contributed by atoms with E-state index in [1.807, 2.05) is 18.2 Å². The zero-order valence-electron chi connectivity index (χ0n) is 10.1. The van der Waals surface area contributed by atoms with Gasteiger partial charge in [-0.1, -0.05) is 24.8 Å². The summed E-state index contributed by atoms with van der Waals surface area (Å²) in [7, 11) is 0. The first-order valence-corrected chi connectivity index (χ1v) is 9.81. The molecule has 0 radical (unpaired) electrons. The van der Waals surface area contributed by atoms with Crippen molar-refractivity contribution in [2.75, 3.05) is 0 Å². The van der Waals surface area contributed by atoms with E-state index in [-0.39, 0.29) is 0 Å². The number of hydrogen-bond acceptors (Lipinski definition) is 1. The van der Waals surface area contributed by atoms with Gasteiger partial charge in [-0.25, -0.2) is 0 Å². The molecule has 0 heterocycles. The predicted molar refractivity (Wildman–Crippen MR) is 118 cm³/mol. The molecule has 1 nitrogen and oxygen atoms in total. The van der Waals surface area contributed by atoms with Gasteiger partial charge >= 0.3 is 0 Å². The van der Waals surface area contributed by atoms with Gasteiger partial charge in [0.25, 0.3) is 0 Å². The van der Waals surface area contributed by atoms with Gasteiger partial charge < -0.3 is 0 Å². The fourth-order valence-electron chi connectivity index (χ4n) is 1.81. The molecule has 0 aliphatic rings. The predicted octanol–water partition coefficient (Wildman–Crippen LogP) is 6.29. The Morgan fingerprint density at radius 1 is 1.00 bits per heavy atom. The van der Waals surface area contributed by atoms with E-state index in [0.717, 1.165) is 12.7 Å². The summed E-state index contributed by atoms with van der Waals surface area (Å²) in [6.45, 7) is 3.85. The minimum Gasteiger partial charge on any atom is -0.192 e. The molecule has 5 heteroatoms. The zero-order chi connectivity index (χ0) is 14.9. The Bertz CT molecular complexity index is 721. The highest BCUT2D eigenvalue weighted by Crippen LogP contribution is 2.37. The van der Waals surface area contributed by atoms with Crippen LogP contribution in [0.5, 0.6) is 0 Å². The molecule has 0 aromatic heterocycles. The Morgan fingerprint density at radius 2 is 1.60 bits per heavy atom. The molecular formula is C15H7I4N. The van der Waals surface area contributed by atoms with Crippen LogP contribution in [-0.4, -0.2) is 0 Å². The minimum atomic E-state index is 0.704. The second kappa shape index (κ2) is 7.23. The van der Waals surface area contributed by atoms with Crippen molar-refractivity contribution < 1.29 is 0 Å². The van der Waals surface area contributed by atoms with Crippen LogP contribution in [0.1, 0.15) is 11.1 Å². The molecule has 100 valence electrons. The van der Waals surface area contributed by atoms with Crippen LogP contribution in [0.15, 0.2) is 30.8 Å². The lowest BCUT2D eigenvalue weighted by Crippen LogP contribution is -1.96. The Labute approximate surface area is 172 Å². The fraction of sp³-hybridized carbons (Fsp3) is 0. The van der Waals surface area contributed by atoms with Crippen molar-refractivity contribution in [1.82, 2.24) is 0 Å². The van der Waals surface area contributed by atoms with Crippen molar-refractivity contribution >= 4 is 96.4 Å². The van der Waals surface area contributed by atoms with Gasteiger partial charge in [-0.05, 0) is 114 Å². The Kier molecular flexibility index (Phi) is 6.13. The number of rotatable bonds is 2. The van der Waals surface area contributed by atoms with Gasteiger partial charge in [0.2, 0.25) is 0 Å². The molecule has 0 amide bonds. The molecule has 0 unspecified atom stereocenters. The third-order valence-electron chi connectivity index (χ3n) is 2.77. The highest BCUT2D eigenvalue weighted by atomic mass is 127. The third-order valence-corrected chi connectivity index (χ3v) is 7.79. The molecule has 0 N–H and O–H groups in total. The smallest absolute Gasteiger partial charge is 0.0992 e. The molecule has 2 rings (SSSR count). The van der Waals surface area contributed by atoms with E-state index in [4.69, 9.17) is 5.26 Å². The molecular weight excluding hydrogens is 702 g/mol. The largest absolute Gasteiger partial charge is 0.192 e. The van der Waals surface area contributed by atoms with E-state index < -0.39 is 0 Å². The molecule has 0 saturated carbocycles. The molecule has 20 heavy (non-hydrogen) atoms. The summed E-state index contributed by atoms with van der Waals surface area (Å²) in [5.41, 5.74) is 4.26. The summed E-state index contributed by atoms with van der Waals surface area (Å²) < 4.78 is 4.64. The average Bonchev–Trinajstić information content (AvgIpc) is 2.42. The van der Waals surface area contributed by atoms with Crippen LogP contribution in [0.3, 0.4) is 0 Å². The monoisotopic (exact) mass is 709 g/mol. The number of nitriles is 1. The van der Waals surface area contributed by atoms with Crippen molar-refractivity contribution in [3.05, 3.63) is 56.3 Å². The summed E-state index contributed by atoms with van der Waals surface area (Å²) in [6, 6.07) is 10.3. The van der Waals surface area contributed by atoms with E-state index >= 15 is 0 Å². The lowest BCUT2D eigenvalue weighted by atomic mass is 10.0. The van der Waals surface area contributed by atoms with Gasteiger partial charge in [0.05, 0.1) is 11.6 Å². The van der Waals surface area contributed by atoms with E-state index in [9.17, 15) is 0 Å². The van der Waals surface area contributed by atoms with Crippen LogP contribution in [0, 0.1) is 25.6 Å². The second-order valence-corrected chi connectivity index (χ2v) is 8.44. The first kappa shape index (κ1) is 17.0. The van der Waals surface area contributed by atoms with E-state index in [0.29, 0.717) is 5.56 Å². The molecule has 0 aliphatic carbocycles. The van der Waals surface area contributed by atoms with E-state index in [2.05, 4.69) is 115 Å².